The molecular formula is C10H14O5S2. The Bertz CT molecular complexity index is 602. The fraction of sp³-hybridized carbons (Fsp3) is 0.400. The maximum absolute atomic E-state index is 11.3. The molecule has 96 valence electrons. The van der Waals surface area contributed by atoms with Crippen LogP contribution in [-0.4, -0.2) is 21.7 Å². The molecule has 0 heterocycles. The van der Waals surface area contributed by atoms with Crippen LogP contribution in [0.5, 0.6) is 0 Å². The zero-order valence-corrected chi connectivity index (χ0v) is 11.6. The van der Waals surface area contributed by atoms with Gasteiger partial charge in [0.2, 0.25) is 0 Å². The first kappa shape index (κ1) is 14.3. The van der Waals surface area contributed by atoms with Gasteiger partial charge < -0.3 is 4.55 Å². The Morgan fingerprint density at radius 1 is 0.941 bits per heavy atom. The van der Waals surface area contributed by atoms with Crippen molar-refractivity contribution in [3.8, 4) is 0 Å². The summed E-state index contributed by atoms with van der Waals surface area (Å²) in [6.07, 6.45) is 0. The van der Waals surface area contributed by atoms with Gasteiger partial charge in [0, 0.05) is 0 Å². The molecule has 1 aromatic carbocycles. The van der Waals surface area contributed by atoms with Crippen molar-refractivity contribution in [1.29, 1.82) is 0 Å². The van der Waals surface area contributed by atoms with E-state index >= 15 is 0 Å². The lowest BCUT2D eigenvalue weighted by molar-refractivity contribution is 0.481. The van der Waals surface area contributed by atoms with Gasteiger partial charge in [0.15, 0.2) is 11.1 Å². The third-order valence-electron chi connectivity index (χ3n) is 2.92. The van der Waals surface area contributed by atoms with Crippen LogP contribution >= 0.6 is 0 Å². The summed E-state index contributed by atoms with van der Waals surface area (Å²) in [6.45, 7) is 6.26. The third-order valence-corrected chi connectivity index (χ3v) is 5.01. The summed E-state index contributed by atoms with van der Waals surface area (Å²) in [5, 5.41) is 0. The summed E-state index contributed by atoms with van der Waals surface area (Å²) in [5.74, 6) is 0. The van der Waals surface area contributed by atoms with Crippen molar-refractivity contribution >= 4 is 21.2 Å². The molecule has 0 aliphatic carbocycles. The second-order valence-electron chi connectivity index (χ2n) is 3.88. The minimum atomic E-state index is -4.40. The molecule has 0 amide bonds. The summed E-state index contributed by atoms with van der Waals surface area (Å²) in [6, 6.07) is 0. The second kappa shape index (κ2) is 4.49. The Morgan fingerprint density at radius 3 is 1.76 bits per heavy atom. The van der Waals surface area contributed by atoms with E-state index in [1.807, 2.05) is 0 Å². The van der Waals surface area contributed by atoms with Crippen LogP contribution in [0.15, 0.2) is 9.79 Å². The van der Waals surface area contributed by atoms with E-state index in [0.29, 0.717) is 16.7 Å². The van der Waals surface area contributed by atoms with Crippen molar-refractivity contribution in [1.82, 2.24) is 0 Å². The summed E-state index contributed by atoms with van der Waals surface area (Å²) in [4.78, 5) is -0.237. The zero-order valence-electron chi connectivity index (χ0n) is 9.94. The number of hydrogen-bond acceptors (Lipinski definition) is 3. The summed E-state index contributed by atoms with van der Waals surface area (Å²) >= 11 is -2.29. The van der Waals surface area contributed by atoms with Crippen LogP contribution in [0.3, 0.4) is 0 Å². The van der Waals surface area contributed by atoms with E-state index in [1.54, 1.807) is 20.8 Å². The highest BCUT2D eigenvalue weighted by atomic mass is 32.2. The highest BCUT2D eigenvalue weighted by molar-refractivity contribution is 7.86. The Labute approximate surface area is 103 Å². The molecule has 0 saturated heterocycles. The van der Waals surface area contributed by atoms with Crippen molar-refractivity contribution in [3.63, 3.8) is 0 Å². The fourth-order valence-electron chi connectivity index (χ4n) is 1.94. The number of benzene rings is 1. The van der Waals surface area contributed by atoms with Gasteiger partial charge in [-0.1, -0.05) is 0 Å². The first-order valence-electron chi connectivity index (χ1n) is 4.77. The Morgan fingerprint density at radius 2 is 1.41 bits per heavy atom. The van der Waals surface area contributed by atoms with Gasteiger partial charge in [-0.15, -0.1) is 0 Å². The second-order valence-corrected chi connectivity index (χ2v) is 6.15. The van der Waals surface area contributed by atoms with Gasteiger partial charge in [-0.3, -0.25) is 4.55 Å². The lowest BCUT2D eigenvalue weighted by Gasteiger charge is -2.16. The number of hydrogen-bond donors (Lipinski definition) is 2. The Kier molecular flexibility index (Phi) is 3.78. The highest BCUT2D eigenvalue weighted by Gasteiger charge is 2.24. The average Bonchev–Trinajstić information content (AvgIpc) is 2.11. The molecule has 2 N–H and O–H groups in total. The maximum Gasteiger partial charge on any atom is 0.295 e. The minimum Gasteiger partial charge on any atom is -0.302 e. The molecule has 1 atom stereocenters. The van der Waals surface area contributed by atoms with Gasteiger partial charge >= 0.3 is 0 Å². The van der Waals surface area contributed by atoms with Crippen LogP contribution in [0.2, 0.25) is 0 Å². The standard InChI is InChI=1S/C10H14O5S2/c1-5-6(2)9(16(11)12)8(4)10(7(5)3)17(13,14)15/h1-4H3,(H,11,12)(H,13,14,15). The van der Waals surface area contributed by atoms with E-state index in [4.69, 9.17) is 4.55 Å². The quantitative estimate of drug-likeness (QED) is 0.635. The lowest BCUT2D eigenvalue weighted by Crippen LogP contribution is -2.11. The molecule has 1 aromatic rings. The van der Waals surface area contributed by atoms with Crippen molar-refractivity contribution in [2.45, 2.75) is 37.5 Å². The van der Waals surface area contributed by atoms with E-state index in [0.717, 1.165) is 0 Å². The van der Waals surface area contributed by atoms with Gasteiger partial charge in [-0.05, 0) is 49.9 Å². The zero-order chi connectivity index (χ0) is 13.5. The Hall–Kier alpha value is -0.760. The molecule has 0 aliphatic rings. The van der Waals surface area contributed by atoms with Crippen LogP contribution < -0.4 is 0 Å². The van der Waals surface area contributed by atoms with Crippen molar-refractivity contribution in [2.24, 2.45) is 0 Å². The monoisotopic (exact) mass is 278 g/mol. The van der Waals surface area contributed by atoms with E-state index in [-0.39, 0.29) is 15.4 Å². The summed E-state index contributed by atoms with van der Waals surface area (Å²) in [7, 11) is -4.40. The van der Waals surface area contributed by atoms with Crippen molar-refractivity contribution < 1.29 is 21.7 Å². The molecule has 1 unspecified atom stereocenters. The molecule has 1 rings (SSSR count). The molecule has 17 heavy (non-hydrogen) atoms. The molecule has 0 aliphatic heterocycles. The van der Waals surface area contributed by atoms with Crippen LogP contribution in [0.4, 0.5) is 0 Å². The van der Waals surface area contributed by atoms with Gasteiger partial charge in [0.05, 0.1) is 4.90 Å². The molecule has 7 heteroatoms. The average molecular weight is 278 g/mol. The van der Waals surface area contributed by atoms with Gasteiger partial charge in [-0.25, -0.2) is 4.21 Å². The van der Waals surface area contributed by atoms with Gasteiger partial charge in [0.1, 0.15) is 4.90 Å². The van der Waals surface area contributed by atoms with Gasteiger partial charge in [-0.2, -0.15) is 8.42 Å². The van der Waals surface area contributed by atoms with E-state index in [2.05, 4.69) is 0 Å². The molecular weight excluding hydrogens is 264 g/mol. The molecule has 0 spiro atoms. The van der Waals surface area contributed by atoms with Crippen LogP contribution in [0.1, 0.15) is 22.3 Å². The molecule has 0 bridgehead atoms. The molecule has 5 nitrogen and oxygen atoms in total. The molecule has 0 aromatic heterocycles. The largest absolute Gasteiger partial charge is 0.302 e. The predicted molar refractivity (Wildman–Crippen MR) is 64.2 cm³/mol. The Balaban J connectivity index is 3.95. The minimum absolute atomic E-state index is 0.0423. The third kappa shape index (κ3) is 2.42. The van der Waals surface area contributed by atoms with E-state index in [1.165, 1.54) is 6.92 Å². The van der Waals surface area contributed by atoms with Gasteiger partial charge in [0.25, 0.3) is 10.1 Å². The summed E-state index contributed by atoms with van der Waals surface area (Å²) < 4.78 is 52.1. The first-order valence-corrected chi connectivity index (χ1v) is 7.32. The predicted octanol–water partition coefficient (Wildman–Crippen LogP) is 1.75. The van der Waals surface area contributed by atoms with E-state index < -0.39 is 21.2 Å². The maximum atomic E-state index is 11.3. The SMILES string of the molecule is Cc1c(C)c(S(=O)O)c(C)c(S(=O)(=O)O)c1C. The van der Waals surface area contributed by atoms with E-state index in [9.17, 15) is 17.2 Å². The number of rotatable bonds is 2. The summed E-state index contributed by atoms with van der Waals surface area (Å²) in [5.41, 5.74) is 1.67. The lowest BCUT2D eigenvalue weighted by atomic mass is 10.0. The van der Waals surface area contributed by atoms with Crippen molar-refractivity contribution in [3.05, 3.63) is 22.3 Å². The topological polar surface area (TPSA) is 91.7 Å². The molecule has 0 radical (unpaired) electrons. The van der Waals surface area contributed by atoms with Crippen LogP contribution in [0.25, 0.3) is 0 Å². The van der Waals surface area contributed by atoms with Crippen LogP contribution in [-0.2, 0) is 21.2 Å². The smallest absolute Gasteiger partial charge is 0.295 e. The molecule has 0 saturated carbocycles. The first-order chi connectivity index (χ1) is 7.59. The van der Waals surface area contributed by atoms with Crippen LogP contribution in [0, 0.1) is 27.7 Å². The fourth-order valence-corrected chi connectivity index (χ4v) is 3.81. The normalized spacial score (nSPS) is 13.8. The van der Waals surface area contributed by atoms with Crippen molar-refractivity contribution in [2.75, 3.05) is 0 Å². The molecule has 0 fully saturated rings. The highest BCUT2D eigenvalue weighted by Crippen LogP contribution is 2.31.